The fraction of sp³-hybridized carbons (Fsp3) is 0.471. The Kier molecular flexibility index (Phi) is 5.40. The molecule has 0 unspecified atom stereocenters. The van der Waals surface area contributed by atoms with Gasteiger partial charge in [0, 0.05) is 24.1 Å². The molecule has 0 spiro atoms. The molecule has 1 atom stereocenters. The van der Waals surface area contributed by atoms with E-state index in [-0.39, 0.29) is 5.75 Å². The molecule has 4 nitrogen and oxygen atoms in total. The molecular weight excluding hydrogens is 296 g/mol. The third kappa shape index (κ3) is 4.19. The van der Waals surface area contributed by atoms with Crippen LogP contribution < -0.4 is 0 Å². The molecule has 0 amide bonds. The summed E-state index contributed by atoms with van der Waals surface area (Å²) in [6.07, 6.45) is 5.20. The maximum absolute atomic E-state index is 11.5. The van der Waals surface area contributed by atoms with Crippen LogP contribution in [0.2, 0.25) is 0 Å². The molecule has 0 bridgehead atoms. The lowest BCUT2D eigenvalue weighted by atomic mass is 9.97. The van der Waals surface area contributed by atoms with Gasteiger partial charge < -0.3 is 4.57 Å². The van der Waals surface area contributed by atoms with E-state index in [1.807, 2.05) is 34.9 Å². The number of nitrogens with zero attached hydrogens (tertiary/aromatic N) is 2. The summed E-state index contributed by atoms with van der Waals surface area (Å²) in [5, 5.41) is 0. The summed E-state index contributed by atoms with van der Waals surface area (Å²) in [6.45, 7) is 4.81. The van der Waals surface area contributed by atoms with E-state index in [9.17, 15) is 8.42 Å². The second kappa shape index (κ2) is 7.09. The van der Waals surface area contributed by atoms with Gasteiger partial charge in [-0.25, -0.2) is 13.4 Å². The Balaban J connectivity index is 2.40. The molecule has 0 radical (unpaired) electrons. The Morgan fingerprint density at radius 1 is 1.23 bits per heavy atom. The van der Waals surface area contributed by atoms with Crippen molar-refractivity contribution in [1.82, 2.24) is 9.55 Å². The predicted octanol–water partition coefficient (Wildman–Crippen LogP) is 3.50. The molecule has 5 heteroatoms. The van der Waals surface area contributed by atoms with Crippen molar-refractivity contribution in [2.45, 2.75) is 39.2 Å². The average Bonchev–Trinajstić information content (AvgIpc) is 2.89. The molecule has 1 aromatic carbocycles. The van der Waals surface area contributed by atoms with Gasteiger partial charge in [0.15, 0.2) is 0 Å². The highest BCUT2D eigenvalue weighted by Crippen LogP contribution is 2.30. The number of hydrogen-bond donors (Lipinski definition) is 0. The van der Waals surface area contributed by atoms with Crippen LogP contribution >= 0.6 is 0 Å². The summed E-state index contributed by atoms with van der Waals surface area (Å²) >= 11 is 0. The van der Waals surface area contributed by atoms with Crippen LogP contribution in [0.1, 0.15) is 38.3 Å². The lowest BCUT2D eigenvalue weighted by Gasteiger charge is -2.16. The molecule has 1 aromatic heterocycles. The van der Waals surface area contributed by atoms with Crippen LogP contribution in [0.3, 0.4) is 0 Å². The third-order valence-electron chi connectivity index (χ3n) is 3.82. The van der Waals surface area contributed by atoms with Crippen molar-refractivity contribution in [3.05, 3.63) is 42.4 Å². The minimum absolute atomic E-state index is 0.142. The van der Waals surface area contributed by atoms with Gasteiger partial charge in [0.25, 0.3) is 0 Å². The van der Waals surface area contributed by atoms with Crippen molar-refractivity contribution < 1.29 is 8.42 Å². The molecule has 1 heterocycles. The topological polar surface area (TPSA) is 52.0 Å². The van der Waals surface area contributed by atoms with E-state index in [2.05, 4.69) is 18.8 Å². The number of rotatable bonds is 7. The van der Waals surface area contributed by atoms with E-state index >= 15 is 0 Å². The standard InChI is InChI=1S/C17H24N2O2S/c1-4-8-14(2)17-16(15-9-6-5-7-10-15)18-13-19(17)11-12-22(3,20)21/h5-7,9-10,13-14H,4,8,11-12H2,1-3H3/t14-/m0/s1. The Morgan fingerprint density at radius 2 is 1.91 bits per heavy atom. The highest BCUT2D eigenvalue weighted by atomic mass is 32.2. The maximum Gasteiger partial charge on any atom is 0.149 e. The van der Waals surface area contributed by atoms with Crippen molar-refractivity contribution in [2.24, 2.45) is 0 Å². The highest BCUT2D eigenvalue weighted by Gasteiger charge is 2.19. The van der Waals surface area contributed by atoms with Gasteiger partial charge in [-0.3, -0.25) is 0 Å². The quantitative estimate of drug-likeness (QED) is 0.784. The van der Waals surface area contributed by atoms with E-state index < -0.39 is 9.84 Å². The van der Waals surface area contributed by atoms with Crippen molar-refractivity contribution >= 4 is 9.84 Å². The van der Waals surface area contributed by atoms with Crippen molar-refractivity contribution in [3.63, 3.8) is 0 Å². The normalized spacial score (nSPS) is 13.2. The summed E-state index contributed by atoms with van der Waals surface area (Å²) in [4.78, 5) is 4.56. The second-order valence-corrected chi connectivity index (χ2v) is 8.12. The Hall–Kier alpha value is -1.62. The van der Waals surface area contributed by atoms with E-state index in [4.69, 9.17) is 0 Å². The largest absolute Gasteiger partial charge is 0.333 e. The zero-order chi connectivity index (χ0) is 16.2. The minimum Gasteiger partial charge on any atom is -0.333 e. The Bertz CT molecular complexity index is 706. The van der Waals surface area contributed by atoms with Gasteiger partial charge in [0.2, 0.25) is 0 Å². The van der Waals surface area contributed by atoms with Crippen LogP contribution in [-0.2, 0) is 16.4 Å². The first-order valence-corrected chi connectivity index (χ1v) is 9.76. The first kappa shape index (κ1) is 16.7. The van der Waals surface area contributed by atoms with Crippen molar-refractivity contribution in [3.8, 4) is 11.3 Å². The first-order valence-electron chi connectivity index (χ1n) is 7.70. The molecule has 0 saturated heterocycles. The Labute approximate surface area is 133 Å². The van der Waals surface area contributed by atoms with Crippen LogP contribution in [0, 0.1) is 0 Å². The van der Waals surface area contributed by atoms with Crippen molar-refractivity contribution in [2.75, 3.05) is 12.0 Å². The summed E-state index contributed by atoms with van der Waals surface area (Å²) in [5.41, 5.74) is 3.19. The second-order valence-electron chi connectivity index (χ2n) is 5.86. The van der Waals surface area contributed by atoms with Gasteiger partial charge >= 0.3 is 0 Å². The molecule has 0 fully saturated rings. The lowest BCUT2D eigenvalue weighted by molar-refractivity contribution is 0.578. The number of aromatic nitrogens is 2. The van der Waals surface area contributed by atoms with Gasteiger partial charge in [0.05, 0.1) is 17.8 Å². The summed E-state index contributed by atoms with van der Waals surface area (Å²) in [7, 11) is -2.98. The molecule has 0 aliphatic carbocycles. The predicted molar refractivity (Wildman–Crippen MR) is 90.7 cm³/mol. The maximum atomic E-state index is 11.5. The van der Waals surface area contributed by atoms with E-state index in [0.29, 0.717) is 12.5 Å². The van der Waals surface area contributed by atoms with Gasteiger partial charge in [-0.05, 0) is 12.3 Å². The van der Waals surface area contributed by atoms with E-state index in [1.165, 1.54) is 6.26 Å². The summed E-state index contributed by atoms with van der Waals surface area (Å²) in [6, 6.07) is 10.1. The number of sulfone groups is 1. The van der Waals surface area contributed by atoms with Crippen LogP contribution in [-0.4, -0.2) is 30.0 Å². The number of hydrogen-bond acceptors (Lipinski definition) is 3. The molecule has 22 heavy (non-hydrogen) atoms. The molecular formula is C17H24N2O2S. The zero-order valence-corrected chi connectivity index (χ0v) is 14.3. The first-order chi connectivity index (χ1) is 10.4. The van der Waals surface area contributed by atoms with Gasteiger partial charge in [-0.1, -0.05) is 50.6 Å². The number of imidazole rings is 1. The fourth-order valence-electron chi connectivity index (χ4n) is 2.74. The number of benzene rings is 1. The summed E-state index contributed by atoms with van der Waals surface area (Å²) < 4.78 is 24.9. The fourth-order valence-corrected chi connectivity index (χ4v) is 3.27. The lowest BCUT2D eigenvalue weighted by Crippen LogP contribution is -2.14. The molecule has 2 aromatic rings. The van der Waals surface area contributed by atoms with Crippen LogP contribution in [0.15, 0.2) is 36.7 Å². The van der Waals surface area contributed by atoms with E-state index in [0.717, 1.165) is 29.8 Å². The number of aryl methyl sites for hydroxylation is 1. The van der Waals surface area contributed by atoms with Gasteiger partial charge in [0.1, 0.15) is 9.84 Å². The summed E-state index contributed by atoms with van der Waals surface area (Å²) in [5.74, 6) is 0.492. The molecule has 0 aliphatic rings. The molecule has 2 rings (SSSR count). The highest BCUT2D eigenvalue weighted by molar-refractivity contribution is 7.90. The van der Waals surface area contributed by atoms with Crippen molar-refractivity contribution in [1.29, 1.82) is 0 Å². The van der Waals surface area contributed by atoms with Crippen LogP contribution in [0.5, 0.6) is 0 Å². The van der Waals surface area contributed by atoms with Gasteiger partial charge in [-0.15, -0.1) is 0 Å². The van der Waals surface area contributed by atoms with Gasteiger partial charge in [-0.2, -0.15) is 0 Å². The van der Waals surface area contributed by atoms with E-state index in [1.54, 1.807) is 6.33 Å². The minimum atomic E-state index is -2.98. The zero-order valence-electron chi connectivity index (χ0n) is 13.5. The third-order valence-corrected chi connectivity index (χ3v) is 4.74. The Morgan fingerprint density at radius 3 is 2.50 bits per heavy atom. The van der Waals surface area contributed by atoms with Crippen LogP contribution in [0.4, 0.5) is 0 Å². The smallest absolute Gasteiger partial charge is 0.149 e. The molecule has 0 saturated carbocycles. The molecule has 0 aliphatic heterocycles. The average molecular weight is 320 g/mol. The molecule has 0 N–H and O–H groups in total. The molecule has 120 valence electrons. The SMILES string of the molecule is CCC[C@H](C)c1c(-c2ccccc2)ncn1CCS(C)(=O)=O. The monoisotopic (exact) mass is 320 g/mol. The van der Waals surface area contributed by atoms with Crippen LogP contribution in [0.25, 0.3) is 11.3 Å².